The van der Waals surface area contributed by atoms with Gasteiger partial charge in [-0.25, -0.2) is 19.2 Å². The zero-order valence-electron chi connectivity index (χ0n) is 11.9. The van der Waals surface area contributed by atoms with Crippen LogP contribution >= 0.6 is 0 Å². The monoisotopic (exact) mass is 309 g/mol. The number of nitrogens with one attached hydrogen (secondary N) is 1. The maximum Gasteiger partial charge on any atom is 0.341 e. The third-order valence-electron chi connectivity index (χ3n) is 3.18. The topological polar surface area (TPSA) is 75.1 Å². The molecular weight excluding hydrogens is 297 g/mol. The molecule has 0 atom stereocenters. The van der Waals surface area contributed by atoms with Crippen molar-refractivity contribution >= 4 is 17.5 Å². The summed E-state index contributed by atoms with van der Waals surface area (Å²) in [5.41, 5.74) is 0.752. The molecule has 114 valence electrons. The molecule has 0 unspecified atom stereocenters. The Bertz CT molecular complexity index is 853. The highest BCUT2D eigenvalue weighted by Gasteiger charge is 2.15. The van der Waals surface area contributed by atoms with Gasteiger partial charge in [0.15, 0.2) is 5.82 Å². The molecule has 0 saturated heterocycles. The standard InChI is InChI=1S/C17H12FN3O2/c18-13-8-4-5-9-14(13)20-16-12(17(22)23)10-19-15(21-16)11-6-2-1-3-7-11/h1-10H,(H,22,23)(H,19,20,21). The maximum absolute atomic E-state index is 13.8. The van der Waals surface area contributed by atoms with Crippen LogP contribution in [0.25, 0.3) is 11.4 Å². The maximum atomic E-state index is 13.8. The number of para-hydroxylation sites is 1. The van der Waals surface area contributed by atoms with E-state index >= 15 is 0 Å². The van der Waals surface area contributed by atoms with Gasteiger partial charge < -0.3 is 10.4 Å². The molecule has 23 heavy (non-hydrogen) atoms. The van der Waals surface area contributed by atoms with Crippen LogP contribution in [0, 0.1) is 5.82 Å². The van der Waals surface area contributed by atoms with E-state index in [1.165, 1.54) is 18.3 Å². The van der Waals surface area contributed by atoms with Gasteiger partial charge >= 0.3 is 5.97 Å². The van der Waals surface area contributed by atoms with Gasteiger partial charge in [0.25, 0.3) is 0 Å². The Kier molecular flexibility index (Phi) is 3.97. The molecule has 6 heteroatoms. The fraction of sp³-hybridized carbons (Fsp3) is 0. The number of hydrogen-bond donors (Lipinski definition) is 2. The van der Waals surface area contributed by atoms with E-state index in [1.807, 2.05) is 30.3 Å². The van der Waals surface area contributed by atoms with Gasteiger partial charge in [-0.05, 0) is 12.1 Å². The Labute approximate surface area is 131 Å². The molecule has 0 aliphatic heterocycles. The molecule has 5 nitrogen and oxygen atoms in total. The van der Waals surface area contributed by atoms with E-state index in [1.54, 1.807) is 12.1 Å². The number of rotatable bonds is 4. The molecule has 0 aliphatic carbocycles. The molecule has 0 spiro atoms. The molecule has 3 aromatic rings. The molecular formula is C17H12FN3O2. The van der Waals surface area contributed by atoms with E-state index in [-0.39, 0.29) is 17.1 Å². The number of carboxylic acid groups (broad SMARTS) is 1. The number of hydrogen-bond acceptors (Lipinski definition) is 4. The Morgan fingerprint density at radius 3 is 2.43 bits per heavy atom. The summed E-state index contributed by atoms with van der Waals surface area (Å²) in [5, 5.41) is 12.0. The van der Waals surface area contributed by atoms with Gasteiger partial charge in [-0.2, -0.15) is 0 Å². The predicted molar refractivity (Wildman–Crippen MR) is 84.1 cm³/mol. The van der Waals surface area contributed by atoms with Gasteiger partial charge in [0.1, 0.15) is 17.2 Å². The minimum atomic E-state index is -1.19. The van der Waals surface area contributed by atoms with Crippen molar-refractivity contribution in [2.75, 3.05) is 5.32 Å². The van der Waals surface area contributed by atoms with Crippen LogP contribution in [0.2, 0.25) is 0 Å². The van der Waals surface area contributed by atoms with Crippen molar-refractivity contribution in [3.8, 4) is 11.4 Å². The summed E-state index contributed by atoms with van der Waals surface area (Å²) in [7, 11) is 0. The average molecular weight is 309 g/mol. The summed E-state index contributed by atoms with van der Waals surface area (Å²) >= 11 is 0. The average Bonchev–Trinajstić information content (AvgIpc) is 2.57. The highest BCUT2D eigenvalue weighted by Crippen LogP contribution is 2.24. The molecule has 0 bridgehead atoms. The number of aromatic nitrogens is 2. The van der Waals surface area contributed by atoms with Crippen molar-refractivity contribution in [2.24, 2.45) is 0 Å². The van der Waals surface area contributed by atoms with Crippen molar-refractivity contribution in [3.63, 3.8) is 0 Å². The number of anilines is 2. The molecule has 0 radical (unpaired) electrons. The quantitative estimate of drug-likeness (QED) is 0.768. The van der Waals surface area contributed by atoms with E-state index in [4.69, 9.17) is 0 Å². The fourth-order valence-corrected chi connectivity index (χ4v) is 2.05. The molecule has 0 saturated carbocycles. The second-order valence-electron chi connectivity index (χ2n) is 4.73. The SMILES string of the molecule is O=C(O)c1cnc(-c2ccccc2)nc1Nc1ccccc1F. The lowest BCUT2D eigenvalue weighted by Gasteiger charge is -2.10. The summed E-state index contributed by atoms with van der Waals surface area (Å²) in [6.45, 7) is 0. The highest BCUT2D eigenvalue weighted by atomic mass is 19.1. The summed E-state index contributed by atoms with van der Waals surface area (Å²) in [5.74, 6) is -1.29. The first-order chi connectivity index (χ1) is 11.1. The second kappa shape index (κ2) is 6.23. The summed E-state index contributed by atoms with van der Waals surface area (Å²) in [4.78, 5) is 19.6. The van der Waals surface area contributed by atoms with Gasteiger partial charge in [-0.15, -0.1) is 0 Å². The van der Waals surface area contributed by atoms with Crippen LogP contribution in [-0.4, -0.2) is 21.0 Å². The third-order valence-corrected chi connectivity index (χ3v) is 3.18. The van der Waals surface area contributed by atoms with Crippen LogP contribution in [0.3, 0.4) is 0 Å². The van der Waals surface area contributed by atoms with Crippen LogP contribution in [-0.2, 0) is 0 Å². The molecule has 2 N–H and O–H groups in total. The first-order valence-electron chi connectivity index (χ1n) is 6.82. The predicted octanol–water partition coefficient (Wildman–Crippen LogP) is 3.72. The van der Waals surface area contributed by atoms with Crippen LogP contribution in [0.4, 0.5) is 15.9 Å². The molecule has 1 heterocycles. The number of nitrogens with zero attached hydrogens (tertiary/aromatic N) is 2. The van der Waals surface area contributed by atoms with Crippen molar-refractivity contribution in [3.05, 3.63) is 72.2 Å². The molecule has 0 fully saturated rings. The van der Waals surface area contributed by atoms with Crippen molar-refractivity contribution in [1.29, 1.82) is 0 Å². The van der Waals surface area contributed by atoms with Gasteiger partial charge in [0.2, 0.25) is 0 Å². The molecule has 3 rings (SSSR count). The van der Waals surface area contributed by atoms with Crippen molar-refractivity contribution < 1.29 is 14.3 Å². The van der Waals surface area contributed by atoms with Gasteiger partial charge in [-0.1, -0.05) is 42.5 Å². The summed E-state index contributed by atoms with van der Waals surface area (Å²) in [6.07, 6.45) is 1.21. The van der Waals surface area contributed by atoms with E-state index < -0.39 is 11.8 Å². The van der Waals surface area contributed by atoms with Crippen molar-refractivity contribution in [1.82, 2.24) is 9.97 Å². The summed E-state index contributed by atoms with van der Waals surface area (Å²) in [6, 6.07) is 15.1. The second-order valence-corrected chi connectivity index (χ2v) is 4.73. The first kappa shape index (κ1) is 14.6. The van der Waals surface area contributed by atoms with Crippen LogP contribution in [0.1, 0.15) is 10.4 Å². The molecule has 2 aromatic carbocycles. The third kappa shape index (κ3) is 3.16. The van der Waals surface area contributed by atoms with E-state index in [2.05, 4.69) is 15.3 Å². The van der Waals surface area contributed by atoms with Crippen LogP contribution in [0.15, 0.2) is 60.8 Å². The Hall–Kier alpha value is -3.28. The van der Waals surface area contributed by atoms with Crippen LogP contribution in [0.5, 0.6) is 0 Å². The fourth-order valence-electron chi connectivity index (χ4n) is 2.05. The molecule has 1 aromatic heterocycles. The van der Waals surface area contributed by atoms with Gasteiger partial charge in [-0.3, -0.25) is 0 Å². The first-order valence-corrected chi connectivity index (χ1v) is 6.82. The van der Waals surface area contributed by atoms with Gasteiger partial charge in [0, 0.05) is 11.8 Å². The number of halogens is 1. The minimum absolute atomic E-state index is 0.0384. The largest absolute Gasteiger partial charge is 0.477 e. The Balaban J connectivity index is 2.06. The van der Waals surface area contributed by atoms with E-state index in [9.17, 15) is 14.3 Å². The number of carbonyl (C=O) groups is 1. The summed E-state index contributed by atoms with van der Waals surface area (Å²) < 4.78 is 13.8. The molecule has 0 aliphatic rings. The number of carboxylic acids is 1. The van der Waals surface area contributed by atoms with Crippen molar-refractivity contribution in [2.45, 2.75) is 0 Å². The lowest BCUT2D eigenvalue weighted by molar-refractivity contribution is 0.0697. The van der Waals surface area contributed by atoms with E-state index in [0.29, 0.717) is 5.82 Å². The lowest BCUT2D eigenvalue weighted by Crippen LogP contribution is -2.08. The smallest absolute Gasteiger partial charge is 0.341 e. The Morgan fingerprint density at radius 2 is 1.74 bits per heavy atom. The minimum Gasteiger partial charge on any atom is -0.477 e. The lowest BCUT2D eigenvalue weighted by atomic mass is 10.2. The number of benzene rings is 2. The van der Waals surface area contributed by atoms with Crippen LogP contribution < -0.4 is 5.32 Å². The zero-order valence-corrected chi connectivity index (χ0v) is 11.9. The Morgan fingerprint density at radius 1 is 1.04 bits per heavy atom. The highest BCUT2D eigenvalue weighted by molar-refractivity contribution is 5.94. The van der Waals surface area contributed by atoms with Gasteiger partial charge in [0.05, 0.1) is 5.69 Å². The van der Waals surface area contributed by atoms with E-state index in [0.717, 1.165) is 5.56 Å². The molecule has 0 amide bonds. The normalized spacial score (nSPS) is 10.3. The zero-order chi connectivity index (χ0) is 16.2. The number of aromatic carboxylic acids is 1.